The van der Waals surface area contributed by atoms with Gasteiger partial charge in [-0.05, 0) is 11.6 Å². The van der Waals surface area contributed by atoms with Crippen LogP contribution in [-0.2, 0) is 24.3 Å². The largest absolute Gasteiger partial charge is 0.347 e. The number of imidazole rings is 1. The molecule has 3 rings (SSSR count). The second kappa shape index (κ2) is 8.28. The molecule has 0 saturated heterocycles. The van der Waals surface area contributed by atoms with Crippen LogP contribution in [-0.4, -0.2) is 25.2 Å². The molecule has 0 fully saturated rings. The molecule has 130 valence electrons. The van der Waals surface area contributed by atoms with Crippen molar-refractivity contribution in [3.63, 3.8) is 0 Å². The molecular weight excluding hydrogens is 314 g/mol. The molecule has 25 heavy (non-hydrogen) atoms. The number of hydrogen-bond acceptors (Lipinski definition) is 3. The van der Waals surface area contributed by atoms with Crippen molar-refractivity contribution >= 4 is 5.91 Å². The maximum absolute atomic E-state index is 12.5. The number of benzene rings is 1. The molecule has 3 aromatic rings. The number of nitrogens with zero attached hydrogens (tertiary/aromatic N) is 4. The lowest BCUT2D eigenvalue weighted by molar-refractivity contribution is -0.122. The summed E-state index contributed by atoms with van der Waals surface area (Å²) in [5.74, 6) is 1.03. The van der Waals surface area contributed by atoms with E-state index < -0.39 is 0 Å². The summed E-state index contributed by atoms with van der Waals surface area (Å²) in [7, 11) is 0. The van der Waals surface area contributed by atoms with E-state index in [0.29, 0.717) is 19.5 Å². The maximum Gasteiger partial charge on any atom is 0.222 e. The average Bonchev–Trinajstić information content (AvgIpc) is 3.31. The fourth-order valence-electron chi connectivity index (χ4n) is 2.86. The quantitative estimate of drug-likeness (QED) is 0.687. The van der Waals surface area contributed by atoms with Gasteiger partial charge in [0, 0.05) is 44.2 Å². The van der Waals surface area contributed by atoms with Crippen LogP contribution in [0.1, 0.15) is 30.8 Å². The highest BCUT2D eigenvalue weighted by Crippen LogP contribution is 2.15. The van der Waals surface area contributed by atoms with Crippen molar-refractivity contribution < 1.29 is 4.79 Å². The first kappa shape index (κ1) is 17.0. The number of nitrogens with one attached hydrogen (secondary N) is 1. The van der Waals surface area contributed by atoms with Crippen LogP contribution in [0, 0.1) is 0 Å². The molecule has 0 unspecified atom stereocenters. The third-order valence-corrected chi connectivity index (χ3v) is 4.16. The minimum absolute atomic E-state index is 0.0248. The zero-order valence-electron chi connectivity index (χ0n) is 14.4. The van der Waals surface area contributed by atoms with Crippen molar-refractivity contribution in [3.8, 4) is 0 Å². The second-order valence-corrected chi connectivity index (χ2v) is 5.90. The summed E-state index contributed by atoms with van der Waals surface area (Å²) < 4.78 is 3.87. The van der Waals surface area contributed by atoms with E-state index in [1.807, 2.05) is 58.0 Å². The van der Waals surface area contributed by atoms with E-state index in [1.165, 1.54) is 0 Å². The topological polar surface area (TPSA) is 64.7 Å². The van der Waals surface area contributed by atoms with Crippen LogP contribution < -0.4 is 5.32 Å². The van der Waals surface area contributed by atoms with Crippen molar-refractivity contribution in [1.82, 2.24) is 24.6 Å². The van der Waals surface area contributed by atoms with E-state index in [4.69, 9.17) is 0 Å². The second-order valence-electron chi connectivity index (χ2n) is 5.90. The van der Waals surface area contributed by atoms with Gasteiger partial charge in [-0.1, -0.05) is 37.3 Å². The van der Waals surface area contributed by atoms with Crippen molar-refractivity contribution in [2.45, 2.75) is 38.9 Å². The Bertz CT molecular complexity index is 779. The van der Waals surface area contributed by atoms with Gasteiger partial charge in [0.2, 0.25) is 5.91 Å². The van der Waals surface area contributed by atoms with Gasteiger partial charge in [-0.15, -0.1) is 0 Å². The van der Waals surface area contributed by atoms with Crippen LogP contribution in [0.3, 0.4) is 0 Å². The fraction of sp³-hybridized carbons (Fsp3) is 0.316. The van der Waals surface area contributed by atoms with Gasteiger partial charge in [-0.2, -0.15) is 5.10 Å². The molecule has 0 aliphatic carbocycles. The molecule has 6 heteroatoms. The summed E-state index contributed by atoms with van der Waals surface area (Å²) >= 11 is 0. The van der Waals surface area contributed by atoms with E-state index >= 15 is 0 Å². The molecule has 2 aromatic heterocycles. The highest BCUT2D eigenvalue weighted by molar-refractivity contribution is 5.76. The van der Waals surface area contributed by atoms with Gasteiger partial charge in [0.25, 0.3) is 0 Å². The molecule has 0 spiro atoms. The van der Waals surface area contributed by atoms with Crippen molar-refractivity contribution in [2.75, 3.05) is 0 Å². The van der Waals surface area contributed by atoms with Crippen molar-refractivity contribution in [2.24, 2.45) is 0 Å². The first-order valence-electron chi connectivity index (χ1n) is 8.58. The zero-order valence-corrected chi connectivity index (χ0v) is 14.4. The lowest BCUT2D eigenvalue weighted by Gasteiger charge is -2.19. The number of hydrogen-bond donors (Lipinski definition) is 1. The summed E-state index contributed by atoms with van der Waals surface area (Å²) in [6.45, 7) is 3.31. The van der Waals surface area contributed by atoms with Gasteiger partial charge in [-0.3, -0.25) is 9.48 Å². The van der Waals surface area contributed by atoms with E-state index in [1.54, 1.807) is 12.4 Å². The number of aryl methyl sites for hydroxylation is 2. The zero-order chi connectivity index (χ0) is 17.5. The first-order valence-corrected chi connectivity index (χ1v) is 8.58. The predicted molar refractivity (Wildman–Crippen MR) is 95.8 cm³/mol. The van der Waals surface area contributed by atoms with Crippen LogP contribution in [0.2, 0.25) is 0 Å². The minimum Gasteiger partial charge on any atom is -0.347 e. The van der Waals surface area contributed by atoms with Crippen LogP contribution in [0.25, 0.3) is 0 Å². The molecule has 6 nitrogen and oxygen atoms in total. The van der Waals surface area contributed by atoms with Gasteiger partial charge < -0.3 is 9.88 Å². The highest BCUT2D eigenvalue weighted by atomic mass is 16.1. The fourth-order valence-corrected chi connectivity index (χ4v) is 2.86. The Labute approximate surface area is 147 Å². The standard InChI is InChI=1S/C19H23N5O/c1-2-18-20-11-14-23(18)13-9-19(25)22-17(15-24-12-6-10-21-24)16-7-4-3-5-8-16/h3-8,10-12,14,17H,2,9,13,15H2,1H3,(H,22,25)/t17-/m0/s1. The Hall–Kier alpha value is -2.89. The lowest BCUT2D eigenvalue weighted by Crippen LogP contribution is -2.32. The van der Waals surface area contributed by atoms with Gasteiger partial charge in [0.15, 0.2) is 0 Å². The third kappa shape index (κ3) is 4.56. The first-order chi connectivity index (χ1) is 12.3. The molecular formula is C19H23N5O. The van der Waals surface area contributed by atoms with Crippen LogP contribution in [0.4, 0.5) is 0 Å². The summed E-state index contributed by atoms with van der Waals surface area (Å²) in [4.78, 5) is 16.8. The minimum atomic E-state index is -0.109. The van der Waals surface area contributed by atoms with Crippen LogP contribution in [0.5, 0.6) is 0 Å². The predicted octanol–water partition coefficient (Wildman–Crippen LogP) is 2.59. The Balaban J connectivity index is 1.64. The molecule has 1 amide bonds. The lowest BCUT2D eigenvalue weighted by atomic mass is 10.1. The SMILES string of the molecule is CCc1nccn1CCC(=O)N[C@@H](Cn1cccn1)c1ccccc1. The summed E-state index contributed by atoms with van der Waals surface area (Å²) in [6.07, 6.45) is 8.63. The molecule has 0 saturated carbocycles. The Morgan fingerprint density at radius 1 is 1.16 bits per heavy atom. The molecule has 0 bridgehead atoms. The third-order valence-electron chi connectivity index (χ3n) is 4.16. The summed E-state index contributed by atoms with van der Waals surface area (Å²) in [5, 5.41) is 7.39. The van der Waals surface area contributed by atoms with E-state index in [9.17, 15) is 4.79 Å². The van der Waals surface area contributed by atoms with Crippen molar-refractivity contribution in [3.05, 3.63) is 72.6 Å². The Morgan fingerprint density at radius 2 is 2.00 bits per heavy atom. The smallest absolute Gasteiger partial charge is 0.222 e. The van der Waals surface area contributed by atoms with Gasteiger partial charge in [-0.25, -0.2) is 4.98 Å². The monoisotopic (exact) mass is 337 g/mol. The maximum atomic E-state index is 12.5. The van der Waals surface area contributed by atoms with Crippen LogP contribution in [0.15, 0.2) is 61.2 Å². The van der Waals surface area contributed by atoms with Gasteiger partial charge in [0.05, 0.1) is 12.6 Å². The highest BCUT2D eigenvalue weighted by Gasteiger charge is 2.15. The van der Waals surface area contributed by atoms with Gasteiger partial charge >= 0.3 is 0 Å². The summed E-state index contributed by atoms with van der Waals surface area (Å²) in [5.41, 5.74) is 1.07. The number of rotatable bonds is 8. The molecule has 1 atom stereocenters. The molecule has 0 radical (unpaired) electrons. The van der Waals surface area contributed by atoms with E-state index in [-0.39, 0.29) is 11.9 Å². The number of amides is 1. The molecule has 0 aliphatic heterocycles. The number of carbonyl (C=O) groups is 1. The Kier molecular flexibility index (Phi) is 5.61. The number of aromatic nitrogens is 4. The Morgan fingerprint density at radius 3 is 2.72 bits per heavy atom. The number of carbonyl (C=O) groups excluding carboxylic acids is 1. The molecule has 1 aromatic carbocycles. The average molecular weight is 337 g/mol. The molecule has 1 N–H and O–H groups in total. The normalized spacial score (nSPS) is 12.0. The summed E-state index contributed by atoms with van der Waals surface area (Å²) in [6, 6.07) is 11.8. The van der Waals surface area contributed by atoms with Crippen LogP contribution >= 0.6 is 0 Å². The van der Waals surface area contributed by atoms with E-state index in [0.717, 1.165) is 17.8 Å². The molecule has 2 heterocycles. The molecule has 0 aliphatic rings. The van der Waals surface area contributed by atoms with Gasteiger partial charge in [0.1, 0.15) is 5.82 Å². The van der Waals surface area contributed by atoms with E-state index in [2.05, 4.69) is 22.3 Å². The van der Waals surface area contributed by atoms with Crippen molar-refractivity contribution in [1.29, 1.82) is 0 Å².